The molecule has 5 aromatic carbocycles. The number of aromatic nitrogens is 1. The van der Waals surface area contributed by atoms with E-state index >= 15 is 0 Å². The van der Waals surface area contributed by atoms with E-state index in [4.69, 9.17) is 0 Å². The second-order valence-corrected chi connectivity index (χ2v) is 11.5. The number of halogens is 2. The van der Waals surface area contributed by atoms with Gasteiger partial charge >= 0.3 is 26.2 Å². The number of rotatable bonds is 2. The van der Waals surface area contributed by atoms with Crippen molar-refractivity contribution in [3.63, 3.8) is 0 Å². The van der Waals surface area contributed by atoms with Crippen LogP contribution in [0.25, 0.3) is 49.3 Å². The number of hydrogen-bond donors (Lipinski definition) is 0. The maximum absolute atomic E-state index is 3.44. The Hall–Kier alpha value is -2.77. The monoisotopic (exact) mass is 665 g/mol. The Labute approximate surface area is 281 Å². The molecule has 0 spiro atoms. The number of nitrogens with zero attached hydrogens (tertiary/aromatic N) is 1. The molecule has 0 radical (unpaired) electrons. The van der Waals surface area contributed by atoms with E-state index in [1.807, 2.05) is 0 Å². The first kappa shape index (κ1) is 33.7. The molecule has 6 aromatic rings. The summed E-state index contributed by atoms with van der Waals surface area (Å²) in [6.07, 6.45) is 5.59. The van der Waals surface area contributed by atoms with Crippen LogP contribution in [0.15, 0.2) is 120 Å². The first-order valence-corrected chi connectivity index (χ1v) is 13.8. The molecular formula is C38H35Cl2NZr. The second-order valence-electron chi connectivity index (χ2n) is 11.5. The van der Waals surface area contributed by atoms with Crippen LogP contribution in [0.3, 0.4) is 0 Å². The Bertz CT molecular complexity index is 1930. The minimum absolute atomic E-state index is 0. The van der Waals surface area contributed by atoms with Gasteiger partial charge in [-0.2, -0.15) is 11.1 Å². The van der Waals surface area contributed by atoms with Gasteiger partial charge in [0, 0.05) is 11.9 Å². The van der Waals surface area contributed by atoms with Gasteiger partial charge in [-0.3, -0.25) is 6.08 Å². The van der Waals surface area contributed by atoms with Crippen LogP contribution in [-0.4, -0.2) is 4.57 Å². The average molecular weight is 668 g/mol. The number of aryl methyl sites for hydroxylation is 1. The zero-order valence-corrected chi connectivity index (χ0v) is 29.0. The van der Waals surface area contributed by atoms with Crippen LogP contribution >= 0.6 is 0 Å². The van der Waals surface area contributed by atoms with Crippen molar-refractivity contribution in [3.05, 3.63) is 132 Å². The molecule has 0 saturated heterocycles. The van der Waals surface area contributed by atoms with Gasteiger partial charge in [-0.1, -0.05) is 117 Å². The molecule has 1 aliphatic carbocycles. The SMILES string of the molecule is CC1=[C-]C(C)(C)C(C)=C1C.Cc1cc(-c2cc3ccc(-n4ccc5ccccc54)cc3[cH-]2)c2ccccc2c1.[Cl-].[Cl-].[Zr+4]. The van der Waals surface area contributed by atoms with E-state index in [2.05, 4.69) is 155 Å². The van der Waals surface area contributed by atoms with Gasteiger partial charge in [0.2, 0.25) is 0 Å². The summed E-state index contributed by atoms with van der Waals surface area (Å²) in [4.78, 5) is 0. The van der Waals surface area contributed by atoms with Gasteiger partial charge in [-0.25, -0.2) is 5.57 Å². The maximum Gasteiger partial charge on any atom is 4.00 e. The van der Waals surface area contributed by atoms with E-state index in [1.54, 1.807) is 0 Å². The summed E-state index contributed by atoms with van der Waals surface area (Å²) < 4.78 is 2.27. The van der Waals surface area contributed by atoms with Crippen LogP contribution < -0.4 is 24.8 Å². The molecule has 7 rings (SSSR count). The molecule has 0 N–H and O–H groups in total. The van der Waals surface area contributed by atoms with Gasteiger partial charge in [0.15, 0.2) is 0 Å². The molecule has 1 nitrogen and oxygen atoms in total. The number of hydrogen-bond acceptors (Lipinski definition) is 0. The van der Waals surface area contributed by atoms with Gasteiger partial charge < -0.3 is 29.4 Å². The summed E-state index contributed by atoms with van der Waals surface area (Å²) in [5.74, 6) is 0. The summed E-state index contributed by atoms with van der Waals surface area (Å²) >= 11 is 0. The van der Waals surface area contributed by atoms with E-state index in [0.29, 0.717) is 0 Å². The van der Waals surface area contributed by atoms with Crippen molar-refractivity contribution in [2.75, 3.05) is 0 Å². The van der Waals surface area contributed by atoms with Crippen molar-refractivity contribution in [2.24, 2.45) is 5.41 Å². The smallest absolute Gasteiger partial charge is 1.00 e. The summed E-state index contributed by atoms with van der Waals surface area (Å²) in [6, 6.07) is 35.3. The molecule has 210 valence electrons. The molecule has 0 amide bonds. The first-order valence-electron chi connectivity index (χ1n) is 13.8. The molecule has 1 aromatic heterocycles. The predicted molar refractivity (Wildman–Crippen MR) is 169 cm³/mol. The van der Waals surface area contributed by atoms with Gasteiger partial charge in [-0.15, -0.1) is 35.4 Å². The van der Waals surface area contributed by atoms with Crippen LogP contribution in [0.5, 0.6) is 0 Å². The van der Waals surface area contributed by atoms with Gasteiger partial charge in [0.25, 0.3) is 0 Å². The van der Waals surface area contributed by atoms with Gasteiger partial charge in [-0.05, 0) is 35.2 Å². The summed E-state index contributed by atoms with van der Waals surface area (Å²) in [5.41, 5.74) is 10.7. The summed E-state index contributed by atoms with van der Waals surface area (Å²) in [7, 11) is 0. The van der Waals surface area contributed by atoms with E-state index < -0.39 is 0 Å². The standard InChI is InChI=1S/C28H20N.C10H15.2ClH.Zr/c1-19-14-22-7-2-4-8-26(22)27(15-19)24-16-21-10-11-25(18-23(21)17-24)29-13-12-20-6-3-5-9-28(20)29;1-7-6-10(4,5)9(3)8(7)2;;;/h2-18H,1H3;1-5H3;2*1H;/q2*-1;;;+4/p-2. The van der Waals surface area contributed by atoms with Crippen LogP contribution in [-0.2, 0) is 26.2 Å². The zero-order valence-electron chi connectivity index (χ0n) is 25.0. The van der Waals surface area contributed by atoms with Crippen LogP contribution in [0.4, 0.5) is 0 Å². The topological polar surface area (TPSA) is 4.93 Å². The maximum atomic E-state index is 3.44. The van der Waals surface area contributed by atoms with Crippen molar-refractivity contribution in [3.8, 4) is 16.8 Å². The van der Waals surface area contributed by atoms with Crippen molar-refractivity contribution >= 4 is 32.4 Å². The molecule has 0 saturated carbocycles. The number of fused-ring (bicyclic) bond motifs is 3. The quantitative estimate of drug-likeness (QED) is 0.235. The molecule has 1 aliphatic rings. The molecule has 0 bridgehead atoms. The fourth-order valence-electron chi connectivity index (χ4n) is 5.91. The van der Waals surface area contributed by atoms with E-state index in [-0.39, 0.29) is 56.4 Å². The largest absolute Gasteiger partial charge is 4.00 e. The summed E-state index contributed by atoms with van der Waals surface area (Å²) in [5, 5.41) is 6.44. The van der Waals surface area contributed by atoms with E-state index in [9.17, 15) is 0 Å². The minimum atomic E-state index is 0. The molecular weight excluding hydrogens is 633 g/mol. The fourth-order valence-corrected chi connectivity index (χ4v) is 5.91. The second kappa shape index (κ2) is 13.3. The number of allylic oxidation sites excluding steroid dienone is 4. The molecule has 1 heterocycles. The molecule has 4 heteroatoms. The van der Waals surface area contributed by atoms with Crippen molar-refractivity contribution in [2.45, 2.75) is 41.5 Å². The molecule has 0 atom stereocenters. The third kappa shape index (κ3) is 6.28. The van der Waals surface area contributed by atoms with Crippen molar-refractivity contribution < 1.29 is 51.0 Å². The van der Waals surface area contributed by atoms with Crippen LogP contribution in [0, 0.1) is 18.4 Å². The number of benzene rings is 4. The Balaban J connectivity index is 0.000000322. The van der Waals surface area contributed by atoms with E-state index in [0.717, 1.165) is 0 Å². The number of para-hydroxylation sites is 1. The third-order valence-electron chi connectivity index (χ3n) is 8.45. The van der Waals surface area contributed by atoms with Gasteiger partial charge in [0.05, 0.1) is 5.52 Å². The first-order chi connectivity index (χ1) is 18.7. The molecule has 42 heavy (non-hydrogen) atoms. The van der Waals surface area contributed by atoms with Crippen LogP contribution in [0.1, 0.15) is 40.2 Å². The Morgan fingerprint density at radius 2 is 1.40 bits per heavy atom. The Kier molecular flexibility index (Phi) is 10.6. The molecule has 0 unspecified atom stereocenters. The Morgan fingerprint density at radius 1 is 0.714 bits per heavy atom. The third-order valence-corrected chi connectivity index (χ3v) is 8.45. The molecule has 0 aliphatic heterocycles. The van der Waals surface area contributed by atoms with Crippen LogP contribution in [0.2, 0.25) is 0 Å². The average Bonchev–Trinajstić information content (AvgIpc) is 3.59. The van der Waals surface area contributed by atoms with Crippen molar-refractivity contribution in [1.82, 2.24) is 4.57 Å². The normalized spacial score (nSPS) is 13.6. The van der Waals surface area contributed by atoms with Gasteiger partial charge in [0.1, 0.15) is 0 Å². The van der Waals surface area contributed by atoms with E-state index in [1.165, 1.54) is 71.5 Å². The predicted octanol–water partition coefficient (Wildman–Crippen LogP) is 4.75. The Morgan fingerprint density at radius 3 is 2.07 bits per heavy atom. The minimum Gasteiger partial charge on any atom is -1.00 e. The van der Waals surface area contributed by atoms with Crippen molar-refractivity contribution in [1.29, 1.82) is 0 Å². The fraction of sp³-hybridized carbons (Fsp3) is 0.184. The summed E-state index contributed by atoms with van der Waals surface area (Å²) in [6.45, 7) is 13.1. The molecule has 0 fully saturated rings. The zero-order chi connectivity index (χ0) is 27.3.